The maximum atomic E-state index is 12.6. The molecule has 2 aromatic heterocycles. The number of aliphatic hydroxyl groups is 1. The number of fused-ring (bicyclic) bond motifs is 1. The van der Waals surface area contributed by atoms with Gasteiger partial charge in [0.2, 0.25) is 0 Å². The summed E-state index contributed by atoms with van der Waals surface area (Å²) < 4.78 is 33.2. The fraction of sp³-hybridized carbons (Fsp3) is 0.241. The van der Waals surface area contributed by atoms with Crippen molar-refractivity contribution in [3.8, 4) is 11.5 Å². The number of benzene rings is 6. The van der Waals surface area contributed by atoms with E-state index in [-0.39, 0.29) is 6.61 Å². The second-order valence-corrected chi connectivity index (χ2v) is 16.5. The standard InChI is InChI=1S/C54H52N6O6/c1-62-44-27-23-40(24-28-44)53(38-15-7-3-8-16-38,39-17-9-4-10-18-39)58-50-47-51(56-36-55-50)60(37-57-47)52-48(59-31-33-64-34-32-59)49(61)46(66-52)35-65-54(41-19-11-5-12-20-41,42-21-13-6-14-22-42)43-25-29-45(63-2)30-26-43/h3-30,36-37,46,48-49,52,61H,31-35H2,1-2H3,(H,55,56,58)/t46-,48-,49+,52-/m1/s1. The van der Waals surface area contributed by atoms with Gasteiger partial charge in [0.25, 0.3) is 0 Å². The molecular formula is C54H52N6O6. The summed E-state index contributed by atoms with van der Waals surface area (Å²) in [5, 5.41) is 16.4. The Kier molecular flexibility index (Phi) is 12.3. The number of morpholine rings is 1. The van der Waals surface area contributed by atoms with E-state index in [2.05, 4.69) is 70.9 Å². The maximum Gasteiger partial charge on any atom is 0.167 e. The molecule has 0 saturated carbocycles. The average molecular weight is 881 g/mol. The number of aromatic nitrogens is 4. The lowest BCUT2D eigenvalue weighted by Crippen LogP contribution is -2.51. The van der Waals surface area contributed by atoms with Crippen molar-refractivity contribution in [1.82, 2.24) is 24.4 Å². The highest BCUT2D eigenvalue weighted by atomic mass is 16.6. The van der Waals surface area contributed by atoms with Crippen LogP contribution in [-0.2, 0) is 25.4 Å². The molecule has 2 fully saturated rings. The molecular weight excluding hydrogens is 829 g/mol. The molecule has 2 N–H and O–H groups in total. The van der Waals surface area contributed by atoms with E-state index in [0.717, 1.165) is 44.9 Å². The predicted molar refractivity (Wildman–Crippen MR) is 253 cm³/mol. The third kappa shape index (κ3) is 7.86. The van der Waals surface area contributed by atoms with Crippen LogP contribution in [0.1, 0.15) is 39.6 Å². The average Bonchev–Trinajstić information content (AvgIpc) is 3.98. The molecule has 10 rings (SSSR count). The van der Waals surface area contributed by atoms with E-state index in [1.54, 1.807) is 26.9 Å². The summed E-state index contributed by atoms with van der Waals surface area (Å²) in [4.78, 5) is 17.0. The molecule has 0 aliphatic carbocycles. The highest BCUT2D eigenvalue weighted by Gasteiger charge is 2.50. The SMILES string of the molecule is COc1ccc(C(Nc2ncnc3c2ncn3[C@@H]2O[C@H](COC(c3ccccc3)(c3ccccc3)c3ccc(OC)cc3)[C@H](O)[C@H]2N2CCOCC2)(c2ccccc2)c2ccccc2)cc1. The van der Waals surface area contributed by atoms with Crippen molar-refractivity contribution in [3.63, 3.8) is 0 Å². The number of nitrogens with one attached hydrogen (secondary N) is 1. The normalized spacial score (nSPS) is 19.1. The van der Waals surface area contributed by atoms with E-state index in [4.69, 9.17) is 38.6 Å². The zero-order valence-electron chi connectivity index (χ0n) is 36.9. The van der Waals surface area contributed by atoms with E-state index < -0.39 is 35.6 Å². The third-order valence-electron chi connectivity index (χ3n) is 13.0. The fourth-order valence-corrected chi connectivity index (χ4v) is 9.74. The molecule has 334 valence electrons. The molecule has 0 radical (unpaired) electrons. The number of nitrogens with zero attached hydrogens (tertiary/aromatic N) is 5. The zero-order chi connectivity index (χ0) is 44.9. The van der Waals surface area contributed by atoms with Gasteiger partial charge in [-0.05, 0) is 57.6 Å². The quantitative estimate of drug-likeness (QED) is 0.0969. The van der Waals surface area contributed by atoms with E-state index in [0.29, 0.717) is 43.3 Å². The summed E-state index contributed by atoms with van der Waals surface area (Å²) in [5.41, 5.74) is 4.88. The number of anilines is 1. The van der Waals surface area contributed by atoms with Crippen molar-refractivity contribution < 1.29 is 28.8 Å². The molecule has 66 heavy (non-hydrogen) atoms. The van der Waals surface area contributed by atoms with Crippen molar-refractivity contribution in [2.24, 2.45) is 0 Å². The van der Waals surface area contributed by atoms with Crippen molar-refractivity contribution in [2.45, 2.75) is 35.6 Å². The second-order valence-electron chi connectivity index (χ2n) is 16.5. The highest BCUT2D eigenvalue weighted by Crippen LogP contribution is 2.45. The van der Waals surface area contributed by atoms with Gasteiger partial charge in [-0.2, -0.15) is 0 Å². The van der Waals surface area contributed by atoms with Crippen LogP contribution in [-0.4, -0.2) is 94.9 Å². The molecule has 2 aliphatic heterocycles. The maximum absolute atomic E-state index is 12.6. The van der Waals surface area contributed by atoms with Crippen LogP contribution in [0.3, 0.4) is 0 Å². The first-order chi connectivity index (χ1) is 32.5. The molecule has 0 spiro atoms. The lowest BCUT2D eigenvalue weighted by atomic mass is 9.77. The summed E-state index contributed by atoms with van der Waals surface area (Å²) in [6.45, 7) is 2.36. The predicted octanol–water partition coefficient (Wildman–Crippen LogP) is 8.22. The summed E-state index contributed by atoms with van der Waals surface area (Å²) >= 11 is 0. The van der Waals surface area contributed by atoms with Crippen LogP contribution in [0.4, 0.5) is 5.82 Å². The fourth-order valence-electron chi connectivity index (χ4n) is 9.74. The van der Waals surface area contributed by atoms with Gasteiger partial charge in [0.1, 0.15) is 41.2 Å². The minimum absolute atomic E-state index is 0.0568. The van der Waals surface area contributed by atoms with E-state index >= 15 is 0 Å². The molecule has 0 unspecified atom stereocenters. The van der Waals surface area contributed by atoms with Gasteiger partial charge < -0.3 is 34.1 Å². The Morgan fingerprint density at radius 2 is 1.11 bits per heavy atom. The van der Waals surface area contributed by atoms with E-state index in [1.165, 1.54) is 0 Å². The van der Waals surface area contributed by atoms with Gasteiger partial charge >= 0.3 is 0 Å². The Morgan fingerprint density at radius 1 is 0.621 bits per heavy atom. The summed E-state index contributed by atoms with van der Waals surface area (Å²) in [6.07, 6.45) is 0.899. The van der Waals surface area contributed by atoms with Gasteiger partial charge in [0, 0.05) is 13.1 Å². The lowest BCUT2D eigenvalue weighted by Gasteiger charge is -2.37. The van der Waals surface area contributed by atoms with Gasteiger partial charge in [0.15, 0.2) is 23.2 Å². The minimum atomic E-state index is -1.06. The number of imidazole rings is 1. The minimum Gasteiger partial charge on any atom is -0.497 e. The van der Waals surface area contributed by atoms with Crippen LogP contribution in [0.25, 0.3) is 11.2 Å². The smallest absolute Gasteiger partial charge is 0.167 e. The van der Waals surface area contributed by atoms with E-state index in [1.807, 2.05) is 114 Å². The summed E-state index contributed by atoms with van der Waals surface area (Å²) in [7, 11) is 3.32. The van der Waals surface area contributed by atoms with Crippen molar-refractivity contribution in [1.29, 1.82) is 0 Å². The van der Waals surface area contributed by atoms with Gasteiger partial charge in [-0.25, -0.2) is 15.0 Å². The van der Waals surface area contributed by atoms with Crippen molar-refractivity contribution in [3.05, 3.63) is 216 Å². The lowest BCUT2D eigenvalue weighted by molar-refractivity contribution is -0.0941. The Hall–Kier alpha value is -6.93. The number of rotatable bonds is 15. The molecule has 12 heteroatoms. The van der Waals surface area contributed by atoms with Crippen LogP contribution >= 0.6 is 0 Å². The first-order valence-corrected chi connectivity index (χ1v) is 22.3. The third-order valence-corrected chi connectivity index (χ3v) is 13.0. The number of ether oxygens (including phenoxy) is 5. The van der Waals surface area contributed by atoms with Gasteiger partial charge in [-0.1, -0.05) is 146 Å². The zero-order valence-corrected chi connectivity index (χ0v) is 36.9. The number of aliphatic hydroxyl groups excluding tert-OH is 1. The van der Waals surface area contributed by atoms with Gasteiger partial charge in [-0.15, -0.1) is 0 Å². The molecule has 6 aromatic carbocycles. The number of hydrogen-bond acceptors (Lipinski definition) is 11. The Morgan fingerprint density at radius 3 is 1.64 bits per heavy atom. The highest BCUT2D eigenvalue weighted by molar-refractivity contribution is 5.84. The Labute approximate surface area is 384 Å². The molecule has 2 aliphatic rings. The molecule has 0 bridgehead atoms. The van der Waals surface area contributed by atoms with Crippen molar-refractivity contribution in [2.75, 3.05) is 52.4 Å². The van der Waals surface area contributed by atoms with Crippen LogP contribution in [0.15, 0.2) is 183 Å². The van der Waals surface area contributed by atoms with Crippen molar-refractivity contribution >= 4 is 17.0 Å². The van der Waals surface area contributed by atoms with Crippen LogP contribution in [0.5, 0.6) is 11.5 Å². The molecule has 0 amide bonds. The van der Waals surface area contributed by atoms with Crippen LogP contribution in [0.2, 0.25) is 0 Å². The second kappa shape index (κ2) is 18.9. The first-order valence-electron chi connectivity index (χ1n) is 22.3. The largest absolute Gasteiger partial charge is 0.497 e. The molecule has 4 atom stereocenters. The summed E-state index contributed by atoms with van der Waals surface area (Å²) in [5.74, 6) is 2.01. The topological polar surface area (TPSA) is 125 Å². The molecule has 2 saturated heterocycles. The Balaban J connectivity index is 1.05. The Bertz CT molecular complexity index is 2730. The first kappa shape index (κ1) is 43.0. The molecule has 8 aromatic rings. The molecule has 4 heterocycles. The van der Waals surface area contributed by atoms with Crippen LogP contribution < -0.4 is 14.8 Å². The van der Waals surface area contributed by atoms with Crippen LogP contribution in [0, 0.1) is 0 Å². The van der Waals surface area contributed by atoms with E-state index in [9.17, 15) is 5.11 Å². The monoisotopic (exact) mass is 880 g/mol. The number of hydrogen-bond donors (Lipinski definition) is 2. The van der Waals surface area contributed by atoms with Gasteiger partial charge in [0.05, 0.1) is 46.4 Å². The molecule has 12 nitrogen and oxygen atoms in total. The van der Waals surface area contributed by atoms with Gasteiger partial charge in [-0.3, -0.25) is 9.47 Å². The summed E-state index contributed by atoms with van der Waals surface area (Å²) in [6, 6.07) is 56.6. The number of methoxy groups -OCH3 is 2.